The number of primary amides is 1. The number of aliphatic hydroxyl groups is 1. The van der Waals surface area contributed by atoms with Crippen LogP contribution >= 0.6 is 0 Å². The molecular formula is C23H27N5O3. The standard InChI is InChI=1S/C23H27N5O3/c1-14-11-16-17(13-22(14,2)3)28(26-19(16)20(24)29)18-12-15(6-9-25-18)5-7-23(31)8-10-27(4)21(23)30/h6,9,12,14,31H,8,10-11,13H2,1-4H3,(H2,24,29)/t14?,23-/m0/s1. The zero-order valence-corrected chi connectivity index (χ0v) is 18.3. The van der Waals surface area contributed by atoms with E-state index in [9.17, 15) is 14.7 Å². The first-order valence-electron chi connectivity index (χ1n) is 10.4. The zero-order valence-electron chi connectivity index (χ0n) is 18.3. The number of hydrogen-bond donors (Lipinski definition) is 2. The molecule has 2 aromatic heterocycles. The van der Waals surface area contributed by atoms with Gasteiger partial charge in [-0.15, -0.1) is 0 Å². The molecule has 2 atom stereocenters. The van der Waals surface area contributed by atoms with Gasteiger partial charge in [-0.05, 0) is 36.3 Å². The lowest BCUT2D eigenvalue weighted by atomic mass is 9.69. The molecule has 0 aromatic carbocycles. The van der Waals surface area contributed by atoms with E-state index in [1.54, 1.807) is 30.1 Å². The lowest BCUT2D eigenvalue weighted by Gasteiger charge is -2.36. The van der Waals surface area contributed by atoms with Crippen LogP contribution in [0.25, 0.3) is 5.82 Å². The normalized spacial score (nSPS) is 24.5. The van der Waals surface area contributed by atoms with Gasteiger partial charge in [-0.2, -0.15) is 5.10 Å². The number of likely N-dealkylation sites (N-methyl/N-ethyl adjacent to an activating group) is 1. The summed E-state index contributed by atoms with van der Waals surface area (Å²) in [5.74, 6) is 5.57. The molecule has 0 saturated carbocycles. The number of pyridine rings is 1. The Morgan fingerprint density at radius 3 is 2.77 bits per heavy atom. The maximum atomic E-state index is 12.2. The van der Waals surface area contributed by atoms with E-state index >= 15 is 0 Å². The van der Waals surface area contributed by atoms with Gasteiger partial charge >= 0.3 is 0 Å². The van der Waals surface area contributed by atoms with Crippen molar-refractivity contribution in [3.63, 3.8) is 0 Å². The van der Waals surface area contributed by atoms with Crippen LogP contribution in [0.1, 0.15) is 54.5 Å². The number of hydrogen-bond acceptors (Lipinski definition) is 5. The van der Waals surface area contributed by atoms with Gasteiger partial charge in [0.2, 0.25) is 5.60 Å². The number of amides is 2. The highest BCUT2D eigenvalue weighted by atomic mass is 16.3. The fourth-order valence-corrected chi connectivity index (χ4v) is 4.21. The van der Waals surface area contributed by atoms with Gasteiger partial charge in [-0.1, -0.05) is 32.6 Å². The summed E-state index contributed by atoms with van der Waals surface area (Å²) in [6.45, 7) is 7.04. The second-order valence-electron chi connectivity index (χ2n) is 9.31. The number of nitrogens with zero attached hydrogens (tertiary/aromatic N) is 4. The van der Waals surface area contributed by atoms with Gasteiger partial charge in [0.05, 0.1) is 5.69 Å². The Morgan fingerprint density at radius 2 is 2.13 bits per heavy atom. The highest BCUT2D eigenvalue weighted by Gasteiger charge is 2.42. The SMILES string of the molecule is CC1Cc2c(C(N)=O)nn(-c3cc(C#C[C@]4(O)CCN(C)C4=O)ccn3)c2CC1(C)C. The molecule has 2 amide bonds. The summed E-state index contributed by atoms with van der Waals surface area (Å²) >= 11 is 0. The van der Waals surface area contributed by atoms with Crippen molar-refractivity contribution in [3.8, 4) is 17.7 Å². The van der Waals surface area contributed by atoms with E-state index < -0.39 is 17.4 Å². The second kappa shape index (κ2) is 7.20. The van der Waals surface area contributed by atoms with Gasteiger partial charge < -0.3 is 15.7 Å². The number of likely N-dealkylation sites (tertiary alicyclic amines) is 1. The molecule has 2 aliphatic rings. The molecule has 162 valence electrons. The lowest BCUT2D eigenvalue weighted by Crippen LogP contribution is -2.37. The van der Waals surface area contributed by atoms with Crippen LogP contribution in [-0.4, -0.2) is 55.8 Å². The molecule has 0 spiro atoms. The number of carbonyl (C=O) groups excluding carboxylic acids is 2. The summed E-state index contributed by atoms with van der Waals surface area (Å²) in [7, 11) is 1.64. The molecule has 8 heteroatoms. The largest absolute Gasteiger partial charge is 0.369 e. The molecule has 4 rings (SSSR count). The smallest absolute Gasteiger partial charge is 0.269 e. The summed E-state index contributed by atoms with van der Waals surface area (Å²) in [5.41, 5.74) is 6.67. The molecule has 0 radical (unpaired) electrons. The quantitative estimate of drug-likeness (QED) is 0.704. The van der Waals surface area contributed by atoms with Gasteiger partial charge in [-0.3, -0.25) is 9.59 Å². The molecule has 1 aliphatic heterocycles. The molecule has 2 aromatic rings. The minimum atomic E-state index is -1.66. The molecule has 0 bridgehead atoms. The van der Waals surface area contributed by atoms with Gasteiger partial charge in [0.1, 0.15) is 0 Å². The first-order chi connectivity index (χ1) is 14.5. The maximum Gasteiger partial charge on any atom is 0.269 e. The lowest BCUT2D eigenvalue weighted by molar-refractivity contribution is -0.137. The van der Waals surface area contributed by atoms with Gasteiger partial charge in [0.15, 0.2) is 11.5 Å². The molecule has 3 N–H and O–H groups in total. The minimum absolute atomic E-state index is 0.0370. The Bertz CT molecular complexity index is 1140. The third-order valence-corrected chi connectivity index (χ3v) is 6.68. The molecule has 3 heterocycles. The first-order valence-corrected chi connectivity index (χ1v) is 10.4. The topological polar surface area (TPSA) is 114 Å². The average Bonchev–Trinajstić information content (AvgIpc) is 3.20. The molecule has 1 aliphatic carbocycles. The van der Waals surface area contributed by atoms with Crippen LogP contribution in [0.5, 0.6) is 0 Å². The Balaban J connectivity index is 1.75. The van der Waals surface area contributed by atoms with Crippen LogP contribution in [0.2, 0.25) is 0 Å². The minimum Gasteiger partial charge on any atom is -0.369 e. The van der Waals surface area contributed by atoms with Crippen molar-refractivity contribution >= 4 is 11.8 Å². The number of fused-ring (bicyclic) bond motifs is 1. The van der Waals surface area contributed by atoms with Crippen molar-refractivity contribution in [2.75, 3.05) is 13.6 Å². The molecule has 1 saturated heterocycles. The third kappa shape index (κ3) is 3.59. The number of carbonyl (C=O) groups is 2. The van der Waals surface area contributed by atoms with Crippen molar-refractivity contribution in [1.82, 2.24) is 19.7 Å². The van der Waals surface area contributed by atoms with E-state index in [1.807, 2.05) is 0 Å². The third-order valence-electron chi connectivity index (χ3n) is 6.68. The fourth-order valence-electron chi connectivity index (χ4n) is 4.21. The summed E-state index contributed by atoms with van der Waals surface area (Å²) in [4.78, 5) is 30.1. The Hall–Kier alpha value is -3.18. The highest BCUT2D eigenvalue weighted by molar-refractivity contribution is 5.93. The van der Waals surface area contributed by atoms with Crippen LogP contribution in [0.3, 0.4) is 0 Å². The van der Waals surface area contributed by atoms with E-state index in [0.717, 1.165) is 24.1 Å². The van der Waals surface area contributed by atoms with Crippen LogP contribution < -0.4 is 5.73 Å². The summed E-state index contributed by atoms with van der Waals surface area (Å²) in [6, 6.07) is 3.45. The van der Waals surface area contributed by atoms with Crippen molar-refractivity contribution in [2.24, 2.45) is 17.1 Å². The van der Waals surface area contributed by atoms with Gasteiger partial charge in [-0.25, -0.2) is 9.67 Å². The zero-order chi connectivity index (χ0) is 22.6. The molecule has 1 fully saturated rings. The molecule has 1 unspecified atom stereocenters. The van der Waals surface area contributed by atoms with E-state index in [2.05, 4.69) is 42.7 Å². The van der Waals surface area contributed by atoms with Crippen molar-refractivity contribution in [1.29, 1.82) is 0 Å². The fraction of sp³-hybridized carbons (Fsp3) is 0.478. The summed E-state index contributed by atoms with van der Waals surface area (Å²) < 4.78 is 1.68. The van der Waals surface area contributed by atoms with Crippen LogP contribution in [0.15, 0.2) is 18.3 Å². The number of rotatable bonds is 2. The Morgan fingerprint density at radius 1 is 1.39 bits per heavy atom. The summed E-state index contributed by atoms with van der Waals surface area (Å²) in [6.07, 6.45) is 3.33. The first kappa shape index (κ1) is 21.1. The van der Waals surface area contributed by atoms with Crippen molar-refractivity contribution in [3.05, 3.63) is 40.8 Å². The molecule has 31 heavy (non-hydrogen) atoms. The number of nitrogens with two attached hydrogens (primary N) is 1. The van der Waals surface area contributed by atoms with E-state index in [0.29, 0.717) is 23.8 Å². The predicted octanol–water partition coefficient (Wildman–Crippen LogP) is 1.07. The monoisotopic (exact) mass is 421 g/mol. The highest BCUT2D eigenvalue weighted by Crippen LogP contribution is 2.41. The van der Waals surface area contributed by atoms with Gasteiger partial charge in [0.25, 0.3) is 11.8 Å². The van der Waals surface area contributed by atoms with Crippen molar-refractivity contribution in [2.45, 2.75) is 45.6 Å². The van der Waals surface area contributed by atoms with E-state index in [-0.39, 0.29) is 17.5 Å². The molecular weight excluding hydrogens is 394 g/mol. The average molecular weight is 422 g/mol. The predicted molar refractivity (Wildman–Crippen MR) is 114 cm³/mol. The van der Waals surface area contributed by atoms with E-state index in [4.69, 9.17) is 5.73 Å². The van der Waals surface area contributed by atoms with Crippen LogP contribution in [-0.2, 0) is 17.6 Å². The molecule has 8 nitrogen and oxygen atoms in total. The van der Waals surface area contributed by atoms with Crippen LogP contribution in [0, 0.1) is 23.2 Å². The maximum absolute atomic E-state index is 12.2. The van der Waals surface area contributed by atoms with E-state index in [1.165, 1.54) is 4.90 Å². The van der Waals surface area contributed by atoms with Crippen molar-refractivity contribution < 1.29 is 14.7 Å². The second-order valence-corrected chi connectivity index (χ2v) is 9.31. The van der Waals surface area contributed by atoms with Crippen LogP contribution in [0.4, 0.5) is 0 Å². The van der Waals surface area contributed by atoms with Gasteiger partial charge in [0, 0.05) is 37.3 Å². The number of aromatic nitrogens is 3. The Kier molecular flexibility index (Phi) is 4.90. The Labute approximate surface area is 181 Å². The summed E-state index contributed by atoms with van der Waals surface area (Å²) in [5, 5.41) is 15.0.